The summed E-state index contributed by atoms with van der Waals surface area (Å²) in [5.74, 6) is -0.601. The molecule has 2 N–H and O–H groups in total. The fourth-order valence-corrected chi connectivity index (χ4v) is 1.39. The topological polar surface area (TPSA) is 60.2 Å². The highest BCUT2D eigenvalue weighted by Crippen LogP contribution is 2.18. The predicted molar refractivity (Wildman–Crippen MR) is 42.3 cm³/mol. The lowest BCUT2D eigenvalue weighted by Crippen LogP contribution is -2.40. The van der Waals surface area contributed by atoms with Gasteiger partial charge >= 0.3 is 10.2 Å². The molecule has 0 saturated carbocycles. The molecule has 68 valence electrons. The third-order valence-electron chi connectivity index (χ3n) is 1.49. The van der Waals surface area contributed by atoms with Crippen LogP contribution in [0.25, 0.3) is 0 Å². The van der Waals surface area contributed by atoms with E-state index >= 15 is 0 Å². The maximum Gasteiger partial charge on any atom is 0.303 e. The molecule has 0 fully saturated rings. The highest BCUT2D eigenvalue weighted by atomic mass is 32.3. The Kier molecular flexibility index (Phi) is 3.02. The Morgan fingerprint density at radius 1 is 1.45 bits per heavy atom. The Bertz CT molecular complexity index is 217. The average molecular weight is 183 g/mol. The molecule has 1 atom stereocenters. The lowest BCUT2D eigenvalue weighted by atomic mass is 9.89. The molecule has 0 heterocycles. The lowest BCUT2D eigenvalue weighted by Gasteiger charge is -2.25. The summed E-state index contributed by atoms with van der Waals surface area (Å²) >= 11 is 0. The van der Waals surface area contributed by atoms with Crippen molar-refractivity contribution in [3.8, 4) is 0 Å². The third kappa shape index (κ3) is 5.15. The van der Waals surface area contributed by atoms with E-state index in [0.717, 1.165) is 0 Å². The van der Waals surface area contributed by atoms with Crippen LogP contribution in [0.3, 0.4) is 0 Å². The normalized spacial score (nSPS) is 16.5. The summed E-state index contributed by atoms with van der Waals surface area (Å²) in [4.78, 5) is 0. The van der Waals surface area contributed by atoms with E-state index in [2.05, 4.69) is 0 Å². The van der Waals surface area contributed by atoms with Crippen LogP contribution in [0.2, 0.25) is 0 Å². The van der Waals surface area contributed by atoms with Crippen LogP contribution in [0.1, 0.15) is 20.8 Å². The monoisotopic (exact) mass is 183 g/mol. The largest absolute Gasteiger partial charge is 0.326 e. The summed E-state index contributed by atoms with van der Waals surface area (Å²) in [5.41, 5.74) is 5.04. The zero-order valence-corrected chi connectivity index (χ0v) is 7.78. The summed E-state index contributed by atoms with van der Waals surface area (Å²) < 4.78 is 32.3. The molecule has 0 aromatic rings. The highest BCUT2D eigenvalue weighted by molar-refractivity contribution is 7.86. The number of nitrogens with two attached hydrogens (primary N) is 1. The van der Waals surface area contributed by atoms with Crippen molar-refractivity contribution in [1.29, 1.82) is 0 Å². The maximum absolute atomic E-state index is 12.1. The van der Waals surface area contributed by atoms with E-state index in [-0.39, 0.29) is 5.41 Å². The molecular formula is C6H14FNO2S. The number of halogens is 1. The van der Waals surface area contributed by atoms with E-state index in [1.807, 2.05) is 0 Å². The van der Waals surface area contributed by atoms with Crippen LogP contribution in [0.5, 0.6) is 0 Å². The van der Waals surface area contributed by atoms with E-state index in [9.17, 15) is 12.3 Å². The van der Waals surface area contributed by atoms with E-state index < -0.39 is 22.0 Å². The van der Waals surface area contributed by atoms with Gasteiger partial charge in [0.1, 0.15) is 0 Å². The van der Waals surface area contributed by atoms with Crippen molar-refractivity contribution >= 4 is 10.2 Å². The molecule has 3 nitrogen and oxygen atoms in total. The maximum atomic E-state index is 12.1. The van der Waals surface area contributed by atoms with Gasteiger partial charge in [0.25, 0.3) is 0 Å². The van der Waals surface area contributed by atoms with Crippen LogP contribution in [-0.2, 0) is 10.2 Å². The van der Waals surface area contributed by atoms with E-state index in [1.165, 1.54) is 0 Å². The lowest BCUT2D eigenvalue weighted by molar-refractivity contribution is 0.338. The van der Waals surface area contributed by atoms with Crippen molar-refractivity contribution in [1.82, 2.24) is 0 Å². The molecule has 0 aliphatic carbocycles. The fraction of sp³-hybridized carbons (Fsp3) is 1.00. The van der Waals surface area contributed by atoms with Crippen LogP contribution in [0.15, 0.2) is 0 Å². The van der Waals surface area contributed by atoms with Crippen LogP contribution < -0.4 is 5.73 Å². The second-order valence-electron chi connectivity index (χ2n) is 3.68. The van der Waals surface area contributed by atoms with Gasteiger partial charge in [-0.2, -0.15) is 8.42 Å². The number of rotatable bonds is 2. The SMILES string of the molecule is CC(C)(C)C(N)CS(=O)(=O)F. The molecule has 0 amide bonds. The van der Waals surface area contributed by atoms with Gasteiger partial charge in [-0.25, -0.2) is 0 Å². The Hall–Kier alpha value is -0.160. The van der Waals surface area contributed by atoms with Gasteiger partial charge in [0.15, 0.2) is 0 Å². The first kappa shape index (κ1) is 10.8. The molecule has 0 spiro atoms. The molecule has 11 heavy (non-hydrogen) atoms. The molecule has 0 aromatic carbocycles. The van der Waals surface area contributed by atoms with Crippen LogP contribution >= 0.6 is 0 Å². The zero-order valence-electron chi connectivity index (χ0n) is 6.96. The quantitative estimate of drug-likeness (QED) is 0.640. The van der Waals surface area contributed by atoms with E-state index in [0.29, 0.717) is 0 Å². The van der Waals surface area contributed by atoms with Crippen molar-refractivity contribution in [2.45, 2.75) is 26.8 Å². The van der Waals surface area contributed by atoms with E-state index in [4.69, 9.17) is 5.73 Å². The Labute approximate surface area is 67.0 Å². The molecule has 0 bridgehead atoms. The molecule has 0 radical (unpaired) electrons. The molecule has 0 aliphatic rings. The second kappa shape index (κ2) is 3.06. The van der Waals surface area contributed by atoms with Gasteiger partial charge in [0, 0.05) is 6.04 Å². The first-order chi connectivity index (χ1) is 4.63. The molecule has 5 heteroatoms. The predicted octanol–water partition coefficient (Wildman–Crippen LogP) is 0.659. The molecule has 0 aliphatic heterocycles. The third-order valence-corrected chi connectivity index (χ3v) is 2.25. The minimum atomic E-state index is -4.43. The first-order valence-corrected chi connectivity index (χ1v) is 4.86. The average Bonchev–Trinajstić information content (AvgIpc) is 1.56. The molecular weight excluding hydrogens is 169 g/mol. The Balaban J connectivity index is 4.21. The van der Waals surface area contributed by atoms with Gasteiger partial charge in [0.05, 0.1) is 5.75 Å². The Morgan fingerprint density at radius 2 is 1.82 bits per heavy atom. The first-order valence-electron chi connectivity index (χ1n) is 3.31. The zero-order chi connectivity index (χ0) is 9.28. The number of hydrogen-bond donors (Lipinski definition) is 1. The van der Waals surface area contributed by atoms with Gasteiger partial charge in [-0.15, -0.1) is 3.89 Å². The van der Waals surface area contributed by atoms with Crippen LogP contribution in [0.4, 0.5) is 3.89 Å². The fourth-order valence-electron chi connectivity index (χ4n) is 0.464. The van der Waals surface area contributed by atoms with Crippen molar-refractivity contribution in [2.24, 2.45) is 11.1 Å². The molecule has 0 rings (SSSR count). The second-order valence-corrected chi connectivity index (χ2v) is 5.09. The van der Waals surface area contributed by atoms with Crippen molar-refractivity contribution in [2.75, 3.05) is 5.75 Å². The van der Waals surface area contributed by atoms with Gasteiger partial charge in [-0.3, -0.25) is 0 Å². The minimum absolute atomic E-state index is 0.376. The van der Waals surface area contributed by atoms with E-state index in [1.54, 1.807) is 20.8 Å². The molecule has 0 aromatic heterocycles. The smallest absolute Gasteiger partial charge is 0.303 e. The van der Waals surface area contributed by atoms with Gasteiger partial charge in [-0.1, -0.05) is 20.8 Å². The number of hydrogen-bond acceptors (Lipinski definition) is 3. The summed E-state index contributed by atoms with van der Waals surface area (Å²) in [7, 11) is -4.43. The van der Waals surface area contributed by atoms with Crippen molar-refractivity contribution < 1.29 is 12.3 Å². The van der Waals surface area contributed by atoms with Gasteiger partial charge in [-0.05, 0) is 5.41 Å². The van der Waals surface area contributed by atoms with Crippen LogP contribution in [-0.4, -0.2) is 20.2 Å². The van der Waals surface area contributed by atoms with Gasteiger partial charge < -0.3 is 5.73 Å². The van der Waals surface area contributed by atoms with Crippen molar-refractivity contribution in [3.05, 3.63) is 0 Å². The summed E-state index contributed by atoms with van der Waals surface area (Å²) in [6.07, 6.45) is 0. The van der Waals surface area contributed by atoms with Crippen molar-refractivity contribution in [3.63, 3.8) is 0 Å². The van der Waals surface area contributed by atoms with Crippen LogP contribution in [0, 0.1) is 5.41 Å². The summed E-state index contributed by atoms with van der Waals surface area (Å²) in [6, 6.07) is -0.655. The molecule has 0 saturated heterocycles. The Morgan fingerprint density at radius 3 is 1.91 bits per heavy atom. The highest BCUT2D eigenvalue weighted by Gasteiger charge is 2.25. The minimum Gasteiger partial charge on any atom is -0.326 e. The summed E-state index contributed by atoms with van der Waals surface area (Å²) in [6.45, 7) is 5.30. The standard InChI is InChI=1S/C6H14FNO2S/c1-6(2,3)5(8)4-11(7,9)10/h5H,4,8H2,1-3H3. The summed E-state index contributed by atoms with van der Waals surface area (Å²) in [5, 5.41) is 0. The molecule has 1 unspecified atom stereocenters. The van der Waals surface area contributed by atoms with Gasteiger partial charge in [0.2, 0.25) is 0 Å².